The van der Waals surface area contributed by atoms with Crippen molar-refractivity contribution in [2.45, 2.75) is 161 Å². The molecule has 0 radical (unpaired) electrons. The van der Waals surface area contributed by atoms with Crippen LogP contribution in [0.5, 0.6) is 0 Å². The molecule has 1 aromatic rings. The van der Waals surface area contributed by atoms with Gasteiger partial charge in [-0.05, 0) is 90.7 Å². The van der Waals surface area contributed by atoms with Gasteiger partial charge in [-0.25, -0.2) is 19.2 Å². The number of carboxylic acid groups (broad SMARTS) is 1. The van der Waals surface area contributed by atoms with E-state index in [0.29, 0.717) is 37.7 Å². The van der Waals surface area contributed by atoms with Crippen molar-refractivity contribution in [1.82, 2.24) is 20.0 Å². The molecule has 2 saturated heterocycles. The highest BCUT2D eigenvalue weighted by molar-refractivity contribution is 5.93. The number of amides is 3. The normalized spacial score (nSPS) is 19.6. The van der Waals surface area contributed by atoms with Crippen LogP contribution in [0.15, 0.2) is 30.3 Å². The summed E-state index contributed by atoms with van der Waals surface area (Å²) in [5, 5.41) is 12.2. The third-order valence-corrected chi connectivity index (χ3v) is 11.1. The minimum atomic E-state index is -1.44. The Hall–Kier alpha value is -5.06. The van der Waals surface area contributed by atoms with Crippen molar-refractivity contribution in [3.05, 3.63) is 35.9 Å². The van der Waals surface area contributed by atoms with Crippen molar-refractivity contribution in [3.63, 3.8) is 0 Å². The highest BCUT2D eigenvalue weighted by Gasteiger charge is 2.42. The number of nitrogens with zero attached hydrogens (tertiary/aromatic N) is 3. The molecule has 3 rings (SSSR count). The van der Waals surface area contributed by atoms with Gasteiger partial charge in [0.2, 0.25) is 0 Å². The monoisotopic (exact) mass is 858 g/mol. The summed E-state index contributed by atoms with van der Waals surface area (Å²) < 4.78 is 22.3. The number of piperidine rings is 2. The highest BCUT2D eigenvalue weighted by Crippen LogP contribution is 2.25. The molecule has 3 amide bonds. The smallest absolute Gasteiger partial charge is 0.344 e. The van der Waals surface area contributed by atoms with E-state index in [1.54, 1.807) is 37.4 Å². The van der Waals surface area contributed by atoms with Crippen molar-refractivity contribution < 1.29 is 62.4 Å². The number of rotatable bonds is 21. The maximum absolute atomic E-state index is 14.3. The Labute approximate surface area is 359 Å². The number of likely N-dealkylation sites (N-methyl/N-ethyl adjacent to an activating group) is 2. The van der Waals surface area contributed by atoms with E-state index in [-0.39, 0.29) is 44.7 Å². The van der Waals surface area contributed by atoms with E-state index >= 15 is 0 Å². The van der Waals surface area contributed by atoms with E-state index < -0.39 is 96.2 Å². The maximum Gasteiger partial charge on any atom is 0.344 e. The molecule has 2 aliphatic heterocycles. The van der Waals surface area contributed by atoms with Gasteiger partial charge in [0.15, 0.2) is 24.4 Å². The number of ether oxygens (including phenoxy) is 4. The molecule has 2 N–H and O–H groups in total. The number of benzene rings is 1. The number of likely N-dealkylation sites (tertiary alicyclic amines) is 2. The molecule has 2 aliphatic rings. The Morgan fingerprint density at radius 2 is 1.31 bits per heavy atom. The number of carboxylic acids is 1. The van der Waals surface area contributed by atoms with Crippen LogP contribution >= 0.6 is 0 Å². The first kappa shape index (κ1) is 50.3. The molecule has 0 bridgehead atoms. The number of esters is 4. The van der Waals surface area contributed by atoms with Crippen LogP contribution in [-0.4, -0.2) is 143 Å². The van der Waals surface area contributed by atoms with Gasteiger partial charge in [0.05, 0.1) is 0 Å². The van der Waals surface area contributed by atoms with Gasteiger partial charge in [-0.1, -0.05) is 63.9 Å². The third-order valence-electron chi connectivity index (χ3n) is 11.1. The van der Waals surface area contributed by atoms with Gasteiger partial charge in [0.1, 0.15) is 24.2 Å². The first-order valence-electron chi connectivity index (χ1n) is 21.5. The standard InChI is InChI=1S/C44H66N4O13/c1-9-10-20-32(45-7)41(54)58-29(5)38(50)47-23-16-14-21-33(47)42(55)59-28(4)37(49)46(8)35(25-27(2)3)44(57)61-36(26-31-18-12-11-13-19-31)39(51)48-24-17-15-22-34(48)43(56)60-30(6)40(52)53/h11-13,18-19,27-30,32-36,45H,9-10,14-17,20-26H2,1-8H3,(H,52,53)/t28-,29-,30-,32+,33+,34+,35+,36-/m1/s1. The SMILES string of the molecule is CCCC[C@H](NC)C(=O)O[C@H](C)C(=O)N1CCCC[C@H]1C(=O)O[C@H](C)C(=O)N(C)[C@@H](CC(C)C)C(=O)O[C@H](Cc1ccccc1)C(=O)N1CCCC[C@H]1C(=O)O[C@H](C)C(=O)O. The van der Waals surface area contributed by atoms with Crippen molar-refractivity contribution in [1.29, 1.82) is 0 Å². The lowest BCUT2D eigenvalue weighted by atomic mass is 9.99. The topological polar surface area (TPSA) is 215 Å². The van der Waals surface area contributed by atoms with Crippen molar-refractivity contribution >= 4 is 47.6 Å². The zero-order valence-electron chi connectivity index (χ0n) is 37.0. The zero-order chi connectivity index (χ0) is 45.4. The Balaban J connectivity index is 1.79. The van der Waals surface area contributed by atoms with Crippen LogP contribution in [0.3, 0.4) is 0 Å². The summed E-state index contributed by atoms with van der Waals surface area (Å²) in [5.74, 6) is -6.59. The van der Waals surface area contributed by atoms with Crippen LogP contribution in [0.4, 0.5) is 0 Å². The second kappa shape index (κ2) is 24.4. The molecule has 0 aliphatic carbocycles. The molecule has 340 valence electrons. The van der Waals surface area contributed by atoms with Gasteiger partial charge in [-0.3, -0.25) is 19.2 Å². The predicted molar refractivity (Wildman–Crippen MR) is 221 cm³/mol. The number of carbonyl (C=O) groups is 8. The van der Waals surface area contributed by atoms with Crippen molar-refractivity contribution in [2.75, 3.05) is 27.2 Å². The van der Waals surface area contributed by atoms with Crippen molar-refractivity contribution in [3.8, 4) is 0 Å². The largest absolute Gasteiger partial charge is 0.479 e. The van der Waals surface area contributed by atoms with Gasteiger partial charge in [0, 0.05) is 26.6 Å². The second-order valence-electron chi connectivity index (χ2n) is 16.4. The number of carbonyl (C=O) groups excluding carboxylic acids is 7. The predicted octanol–water partition coefficient (Wildman–Crippen LogP) is 3.43. The minimum absolute atomic E-state index is 0.0569. The third kappa shape index (κ3) is 14.5. The van der Waals surface area contributed by atoms with Crippen LogP contribution < -0.4 is 5.32 Å². The Bertz CT molecular complexity index is 1670. The molecule has 8 atom stereocenters. The van der Waals surface area contributed by atoms with E-state index in [9.17, 15) is 43.5 Å². The molecule has 17 heteroatoms. The molecule has 0 aromatic heterocycles. The fourth-order valence-corrected chi connectivity index (χ4v) is 7.53. The Morgan fingerprint density at radius 3 is 1.84 bits per heavy atom. The summed E-state index contributed by atoms with van der Waals surface area (Å²) in [6.07, 6.45) is -0.285. The zero-order valence-corrected chi connectivity index (χ0v) is 37.0. The number of hydrogen-bond donors (Lipinski definition) is 2. The second-order valence-corrected chi connectivity index (χ2v) is 16.4. The maximum atomic E-state index is 14.3. The molecule has 1 aromatic carbocycles. The van der Waals surface area contributed by atoms with E-state index in [1.807, 2.05) is 20.8 Å². The quantitative estimate of drug-likeness (QED) is 0.134. The first-order chi connectivity index (χ1) is 28.9. The van der Waals surface area contributed by atoms with Crippen LogP contribution in [-0.2, 0) is 63.7 Å². The molecule has 0 unspecified atom stereocenters. The summed E-state index contributed by atoms with van der Waals surface area (Å²) in [7, 11) is 3.02. The average molecular weight is 859 g/mol. The number of aliphatic carboxylic acids is 1. The lowest BCUT2D eigenvalue weighted by molar-refractivity contribution is -0.176. The Morgan fingerprint density at radius 1 is 0.754 bits per heavy atom. The summed E-state index contributed by atoms with van der Waals surface area (Å²) in [4.78, 5) is 111. The summed E-state index contributed by atoms with van der Waals surface area (Å²) in [5.41, 5.74) is 0.659. The molecule has 2 heterocycles. The van der Waals surface area contributed by atoms with E-state index in [1.165, 1.54) is 37.6 Å². The number of hydrogen-bond acceptors (Lipinski definition) is 13. The van der Waals surface area contributed by atoms with E-state index in [4.69, 9.17) is 18.9 Å². The molecule has 0 saturated carbocycles. The lowest BCUT2D eigenvalue weighted by Crippen LogP contribution is -2.55. The average Bonchev–Trinajstić information content (AvgIpc) is 3.24. The van der Waals surface area contributed by atoms with Gasteiger partial charge in [-0.2, -0.15) is 0 Å². The molecule has 61 heavy (non-hydrogen) atoms. The van der Waals surface area contributed by atoms with E-state index in [0.717, 1.165) is 17.7 Å². The highest BCUT2D eigenvalue weighted by atomic mass is 16.6. The fraction of sp³-hybridized carbons (Fsp3) is 0.682. The van der Waals surface area contributed by atoms with E-state index in [2.05, 4.69) is 5.32 Å². The fourth-order valence-electron chi connectivity index (χ4n) is 7.53. The molecular formula is C44H66N4O13. The number of unbranched alkanes of at least 4 members (excludes halogenated alkanes) is 1. The summed E-state index contributed by atoms with van der Waals surface area (Å²) in [6, 6.07) is 4.88. The van der Waals surface area contributed by atoms with Gasteiger partial charge < -0.3 is 44.1 Å². The summed E-state index contributed by atoms with van der Waals surface area (Å²) in [6.45, 7) is 10.1. The Kier molecular flexibility index (Phi) is 20.1. The van der Waals surface area contributed by atoms with Crippen LogP contribution in [0.1, 0.15) is 111 Å². The van der Waals surface area contributed by atoms with Gasteiger partial charge in [0.25, 0.3) is 17.7 Å². The minimum Gasteiger partial charge on any atom is -0.479 e. The van der Waals surface area contributed by atoms with Crippen molar-refractivity contribution in [2.24, 2.45) is 5.92 Å². The number of nitrogens with one attached hydrogen (secondary N) is 1. The lowest BCUT2D eigenvalue weighted by Gasteiger charge is -2.37. The molecule has 0 spiro atoms. The van der Waals surface area contributed by atoms with Gasteiger partial charge >= 0.3 is 29.8 Å². The van der Waals surface area contributed by atoms with Crippen LogP contribution in [0.25, 0.3) is 0 Å². The summed E-state index contributed by atoms with van der Waals surface area (Å²) >= 11 is 0. The molecule has 2 fully saturated rings. The molecular weight excluding hydrogens is 792 g/mol. The first-order valence-corrected chi connectivity index (χ1v) is 21.5. The van der Waals surface area contributed by atoms with Gasteiger partial charge in [-0.15, -0.1) is 0 Å². The molecule has 17 nitrogen and oxygen atoms in total. The van der Waals surface area contributed by atoms with Crippen LogP contribution in [0.2, 0.25) is 0 Å². The van der Waals surface area contributed by atoms with Crippen LogP contribution in [0, 0.1) is 5.92 Å².